The molecule has 110 valence electrons. The van der Waals surface area contributed by atoms with E-state index in [2.05, 4.69) is 21.4 Å². The first-order valence-electron chi connectivity index (χ1n) is 6.23. The number of nitrogens with one attached hydrogen (secondary N) is 1. The number of hydrogen-bond acceptors (Lipinski definition) is 3. The third-order valence-corrected chi connectivity index (χ3v) is 3.69. The number of ether oxygens (including phenoxy) is 1. The average molecular weight is 370 g/mol. The van der Waals surface area contributed by atoms with Gasteiger partial charge in [-0.25, -0.2) is 5.84 Å². The molecule has 0 aliphatic heterocycles. The lowest BCUT2D eigenvalue weighted by atomic mass is 10.1. The van der Waals surface area contributed by atoms with Crippen LogP contribution in [0.4, 0.5) is 0 Å². The number of rotatable bonds is 5. The molecule has 0 atom stereocenters. The Morgan fingerprint density at radius 1 is 1.19 bits per heavy atom. The van der Waals surface area contributed by atoms with Crippen LogP contribution in [0.25, 0.3) is 0 Å². The molecular weight excluding hydrogens is 356 g/mol. The molecule has 6 heteroatoms. The predicted molar refractivity (Wildman–Crippen MR) is 86.0 cm³/mol. The lowest BCUT2D eigenvalue weighted by Gasteiger charge is -2.09. The van der Waals surface area contributed by atoms with Crippen LogP contribution in [0.5, 0.6) is 5.75 Å². The summed E-state index contributed by atoms with van der Waals surface area (Å²) in [7, 11) is 0. The number of carbonyl (C=O) groups is 1. The summed E-state index contributed by atoms with van der Waals surface area (Å²) in [6, 6.07) is 13.0. The van der Waals surface area contributed by atoms with Crippen molar-refractivity contribution in [2.45, 2.75) is 13.0 Å². The maximum Gasteiger partial charge on any atom is 0.238 e. The van der Waals surface area contributed by atoms with Gasteiger partial charge in [0.15, 0.2) is 0 Å². The summed E-state index contributed by atoms with van der Waals surface area (Å²) < 4.78 is 6.53. The number of benzene rings is 2. The van der Waals surface area contributed by atoms with Crippen molar-refractivity contribution in [3.8, 4) is 5.75 Å². The monoisotopic (exact) mass is 368 g/mol. The van der Waals surface area contributed by atoms with E-state index in [4.69, 9.17) is 22.2 Å². The summed E-state index contributed by atoms with van der Waals surface area (Å²) in [6.45, 7) is 0.434. The van der Waals surface area contributed by atoms with Gasteiger partial charge >= 0.3 is 0 Å². The van der Waals surface area contributed by atoms with E-state index in [9.17, 15) is 4.79 Å². The second kappa shape index (κ2) is 7.45. The zero-order valence-electron chi connectivity index (χ0n) is 11.1. The normalized spacial score (nSPS) is 10.2. The second-order valence-electron chi connectivity index (χ2n) is 4.42. The van der Waals surface area contributed by atoms with Gasteiger partial charge in [0.05, 0.1) is 10.9 Å². The van der Waals surface area contributed by atoms with Crippen molar-refractivity contribution in [3.05, 3.63) is 63.1 Å². The summed E-state index contributed by atoms with van der Waals surface area (Å²) in [5, 5.41) is 0.650. The molecule has 0 saturated heterocycles. The second-order valence-corrected chi connectivity index (χ2v) is 5.71. The summed E-state index contributed by atoms with van der Waals surface area (Å²) in [5.41, 5.74) is 4.01. The van der Waals surface area contributed by atoms with Crippen LogP contribution in [0.15, 0.2) is 46.9 Å². The minimum Gasteiger partial charge on any atom is -0.488 e. The van der Waals surface area contributed by atoms with E-state index in [0.29, 0.717) is 11.6 Å². The fourth-order valence-electron chi connectivity index (χ4n) is 1.74. The van der Waals surface area contributed by atoms with E-state index in [0.717, 1.165) is 21.3 Å². The van der Waals surface area contributed by atoms with Gasteiger partial charge in [0.1, 0.15) is 12.4 Å². The molecular formula is C15H14BrClN2O2. The molecule has 4 nitrogen and oxygen atoms in total. The zero-order valence-corrected chi connectivity index (χ0v) is 13.4. The van der Waals surface area contributed by atoms with Crippen LogP contribution in [0.3, 0.4) is 0 Å². The largest absolute Gasteiger partial charge is 0.488 e. The van der Waals surface area contributed by atoms with E-state index in [-0.39, 0.29) is 12.3 Å². The van der Waals surface area contributed by atoms with E-state index < -0.39 is 0 Å². The Kier molecular flexibility index (Phi) is 5.61. The van der Waals surface area contributed by atoms with Gasteiger partial charge in [0.2, 0.25) is 5.91 Å². The highest BCUT2D eigenvalue weighted by molar-refractivity contribution is 9.10. The van der Waals surface area contributed by atoms with Gasteiger partial charge in [-0.15, -0.1) is 0 Å². The van der Waals surface area contributed by atoms with Crippen LogP contribution in [0.1, 0.15) is 11.1 Å². The minimum atomic E-state index is -0.218. The molecule has 2 aromatic rings. The molecule has 0 aromatic heterocycles. The molecule has 0 aliphatic rings. The van der Waals surface area contributed by atoms with Gasteiger partial charge < -0.3 is 4.74 Å². The smallest absolute Gasteiger partial charge is 0.238 e. The molecule has 2 rings (SSSR count). The first-order valence-corrected chi connectivity index (χ1v) is 7.40. The standard InChI is InChI=1S/C15H14BrClN2O2/c16-13-8-12(17)5-6-14(13)21-9-11-3-1-10(2-4-11)7-15(20)19-18/h1-6,8H,7,9,18H2,(H,19,20). The number of halogens is 2. The third kappa shape index (κ3) is 4.74. The molecule has 3 N–H and O–H groups in total. The summed E-state index contributed by atoms with van der Waals surface area (Å²) >= 11 is 9.28. The molecule has 21 heavy (non-hydrogen) atoms. The fourth-order valence-corrected chi connectivity index (χ4v) is 2.54. The minimum absolute atomic E-state index is 0.218. The van der Waals surface area contributed by atoms with Crippen molar-refractivity contribution < 1.29 is 9.53 Å². The maximum absolute atomic E-state index is 11.2. The highest BCUT2D eigenvalue weighted by Gasteiger charge is 2.04. The zero-order chi connectivity index (χ0) is 15.2. The van der Waals surface area contributed by atoms with E-state index >= 15 is 0 Å². The average Bonchev–Trinajstić information content (AvgIpc) is 2.48. The van der Waals surface area contributed by atoms with Gasteiger partial charge in [0, 0.05) is 5.02 Å². The van der Waals surface area contributed by atoms with Crippen LogP contribution in [0.2, 0.25) is 5.02 Å². The molecule has 2 aromatic carbocycles. The Labute approximate surface area is 136 Å². The Morgan fingerprint density at radius 2 is 1.86 bits per heavy atom. The van der Waals surface area contributed by atoms with Crippen LogP contribution < -0.4 is 16.0 Å². The van der Waals surface area contributed by atoms with Crippen molar-refractivity contribution in [1.29, 1.82) is 0 Å². The summed E-state index contributed by atoms with van der Waals surface area (Å²) in [4.78, 5) is 11.2. The number of carbonyl (C=O) groups excluding carboxylic acids is 1. The maximum atomic E-state index is 11.2. The Balaban J connectivity index is 1.96. The molecule has 0 aliphatic carbocycles. The first kappa shape index (κ1) is 15.8. The topological polar surface area (TPSA) is 64.3 Å². The first-order chi connectivity index (χ1) is 10.1. The van der Waals surface area contributed by atoms with Gasteiger partial charge in [-0.2, -0.15) is 0 Å². The van der Waals surface area contributed by atoms with Crippen LogP contribution >= 0.6 is 27.5 Å². The number of hydrazine groups is 1. The third-order valence-electron chi connectivity index (χ3n) is 2.84. The van der Waals surface area contributed by atoms with Crippen LogP contribution in [-0.2, 0) is 17.8 Å². The molecule has 0 bridgehead atoms. The number of nitrogens with two attached hydrogens (primary N) is 1. The van der Waals surface area contributed by atoms with Crippen LogP contribution in [-0.4, -0.2) is 5.91 Å². The van der Waals surface area contributed by atoms with E-state index in [1.165, 1.54) is 0 Å². The van der Waals surface area contributed by atoms with Crippen LogP contribution in [0, 0.1) is 0 Å². The predicted octanol–water partition coefficient (Wildman–Crippen LogP) is 3.21. The van der Waals surface area contributed by atoms with Crippen molar-refractivity contribution in [3.63, 3.8) is 0 Å². The van der Waals surface area contributed by atoms with Crippen molar-refractivity contribution in [1.82, 2.24) is 5.43 Å². The molecule has 0 saturated carbocycles. The Bertz CT molecular complexity index is 632. The van der Waals surface area contributed by atoms with E-state index in [1.54, 1.807) is 12.1 Å². The Hall–Kier alpha value is -1.56. The quantitative estimate of drug-likeness (QED) is 0.483. The summed E-state index contributed by atoms with van der Waals surface area (Å²) in [5.74, 6) is 5.56. The lowest BCUT2D eigenvalue weighted by Crippen LogP contribution is -2.31. The Morgan fingerprint density at radius 3 is 2.48 bits per heavy atom. The molecule has 0 unspecified atom stereocenters. The lowest BCUT2D eigenvalue weighted by molar-refractivity contribution is -0.120. The van der Waals surface area contributed by atoms with Crippen molar-refractivity contribution >= 4 is 33.4 Å². The molecule has 0 radical (unpaired) electrons. The van der Waals surface area contributed by atoms with Gasteiger partial charge in [-0.3, -0.25) is 10.2 Å². The molecule has 0 fully saturated rings. The molecule has 0 spiro atoms. The SMILES string of the molecule is NNC(=O)Cc1ccc(COc2ccc(Cl)cc2Br)cc1. The number of hydrogen-bond donors (Lipinski definition) is 2. The fraction of sp³-hybridized carbons (Fsp3) is 0.133. The van der Waals surface area contributed by atoms with Crippen molar-refractivity contribution in [2.75, 3.05) is 0 Å². The van der Waals surface area contributed by atoms with Gasteiger partial charge in [0.25, 0.3) is 0 Å². The highest BCUT2D eigenvalue weighted by atomic mass is 79.9. The number of amides is 1. The molecule has 1 amide bonds. The highest BCUT2D eigenvalue weighted by Crippen LogP contribution is 2.28. The summed E-state index contributed by atoms with van der Waals surface area (Å²) in [6.07, 6.45) is 0.264. The van der Waals surface area contributed by atoms with Gasteiger partial charge in [-0.05, 0) is 45.3 Å². The van der Waals surface area contributed by atoms with Crippen molar-refractivity contribution in [2.24, 2.45) is 5.84 Å². The molecule has 0 heterocycles. The van der Waals surface area contributed by atoms with E-state index in [1.807, 2.05) is 30.3 Å². The van der Waals surface area contributed by atoms with Gasteiger partial charge in [-0.1, -0.05) is 35.9 Å².